The van der Waals surface area contributed by atoms with Gasteiger partial charge in [-0.05, 0) is 55.0 Å². The number of primary amides is 1. The minimum absolute atomic E-state index is 0.102. The quantitative estimate of drug-likeness (QED) is 0.178. The minimum atomic E-state index is -4.67. The fourth-order valence-electron chi connectivity index (χ4n) is 5.31. The summed E-state index contributed by atoms with van der Waals surface area (Å²) in [6, 6.07) is 10.7. The van der Waals surface area contributed by atoms with Gasteiger partial charge in [-0.2, -0.15) is 8.42 Å². The average Bonchev–Trinajstić information content (AvgIpc) is 3.32. The van der Waals surface area contributed by atoms with E-state index in [1.54, 1.807) is 18.2 Å². The molecule has 1 aliphatic carbocycles. The lowest BCUT2D eigenvalue weighted by Crippen LogP contribution is -2.44. The van der Waals surface area contributed by atoms with Gasteiger partial charge < -0.3 is 20.7 Å². The van der Waals surface area contributed by atoms with Gasteiger partial charge in [-0.1, -0.05) is 48.8 Å². The number of aromatic nitrogens is 1. The monoisotopic (exact) mass is 626 g/mol. The van der Waals surface area contributed by atoms with Crippen LogP contribution in [0.15, 0.2) is 41.2 Å². The fourth-order valence-corrected chi connectivity index (χ4v) is 6.21. The van der Waals surface area contributed by atoms with Crippen molar-refractivity contribution < 1.29 is 31.8 Å². The maximum Gasteiger partial charge on any atom is 0.394 e. The predicted molar refractivity (Wildman–Crippen MR) is 161 cm³/mol. The molecule has 0 bridgehead atoms. The number of hydrogen-bond acceptors (Lipinski definition) is 8. The van der Waals surface area contributed by atoms with Crippen LogP contribution in [-0.4, -0.2) is 82.1 Å². The van der Waals surface area contributed by atoms with Gasteiger partial charge in [-0.15, -0.1) is 0 Å². The molecule has 1 aromatic heterocycles. The molecule has 42 heavy (non-hydrogen) atoms. The number of phenols is 1. The van der Waals surface area contributed by atoms with Crippen molar-refractivity contribution in [2.75, 3.05) is 32.7 Å². The van der Waals surface area contributed by atoms with E-state index in [1.807, 2.05) is 12.1 Å². The number of carbonyl (C=O) groups excluding carboxylic acids is 1. The van der Waals surface area contributed by atoms with E-state index >= 15 is 0 Å². The van der Waals surface area contributed by atoms with Crippen LogP contribution in [0.3, 0.4) is 0 Å². The first-order chi connectivity index (χ1) is 19.9. The predicted octanol–water partition coefficient (Wildman–Crippen LogP) is 3.38. The molecular formula is C28H39FN4O7S2. The van der Waals surface area contributed by atoms with Gasteiger partial charge >= 0.3 is 15.3 Å². The molecule has 6 N–H and O–H groups in total. The van der Waals surface area contributed by atoms with E-state index in [2.05, 4.69) is 14.8 Å². The second-order valence-electron chi connectivity index (χ2n) is 10.4. The molecule has 232 valence electrons. The number of aromatic amines is 1. The van der Waals surface area contributed by atoms with E-state index in [-0.39, 0.29) is 22.3 Å². The Hall–Kier alpha value is -2.88. The molecule has 0 aliphatic heterocycles. The zero-order valence-electron chi connectivity index (χ0n) is 23.4. The average molecular weight is 627 g/mol. The lowest BCUT2D eigenvalue weighted by molar-refractivity contribution is -0.118. The molecule has 3 aromatic rings. The normalized spacial score (nSPS) is 14.3. The zero-order valence-corrected chi connectivity index (χ0v) is 25.0. The van der Waals surface area contributed by atoms with E-state index < -0.39 is 10.4 Å². The number of halogens is 1. The maximum absolute atomic E-state index is 13.6. The Labute approximate surface area is 248 Å². The molecule has 0 spiro atoms. The van der Waals surface area contributed by atoms with Crippen LogP contribution in [-0.2, 0) is 28.0 Å². The lowest BCUT2D eigenvalue weighted by Gasteiger charge is -2.36. The number of rotatable bonds is 13. The van der Waals surface area contributed by atoms with E-state index in [4.69, 9.17) is 23.3 Å². The SMILES string of the molecule is NC(=O)CCN(CCc1cccc(F)c1)CCN(CCc1ccc(O)c2[nH]c(=O)sc12)C1CCCCC1.O=S(=O)(O)O. The summed E-state index contributed by atoms with van der Waals surface area (Å²) in [7, 11) is -4.67. The van der Waals surface area contributed by atoms with Crippen LogP contribution in [0.2, 0.25) is 0 Å². The van der Waals surface area contributed by atoms with Crippen LogP contribution in [0.4, 0.5) is 4.39 Å². The van der Waals surface area contributed by atoms with E-state index in [0.717, 1.165) is 59.8 Å². The fraction of sp³-hybridized carbons (Fsp3) is 0.500. The Morgan fingerprint density at radius 2 is 1.74 bits per heavy atom. The van der Waals surface area contributed by atoms with Crippen molar-refractivity contribution in [3.8, 4) is 5.75 Å². The maximum atomic E-state index is 13.6. The molecule has 0 atom stereocenters. The second kappa shape index (κ2) is 16.1. The second-order valence-corrected chi connectivity index (χ2v) is 12.3. The highest BCUT2D eigenvalue weighted by Crippen LogP contribution is 2.29. The molecule has 0 unspecified atom stereocenters. The molecular weight excluding hydrogens is 587 g/mol. The molecule has 2 aromatic carbocycles. The summed E-state index contributed by atoms with van der Waals surface area (Å²) >= 11 is 1.14. The van der Waals surface area contributed by atoms with Crippen LogP contribution < -0.4 is 10.6 Å². The van der Waals surface area contributed by atoms with Crippen molar-refractivity contribution >= 4 is 37.9 Å². The number of aromatic hydroxyl groups is 1. The zero-order chi connectivity index (χ0) is 30.7. The van der Waals surface area contributed by atoms with Crippen molar-refractivity contribution in [2.24, 2.45) is 5.73 Å². The number of hydrogen-bond donors (Lipinski definition) is 5. The van der Waals surface area contributed by atoms with Gasteiger partial charge in [0.15, 0.2) is 0 Å². The highest BCUT2D eigenvalue weighted by Gasteiger charge is 2.22. The van der Waals surface area contributed by atoms with Gasteiger partial charge in [-0.3, -0.25) is 23.6 Å². The number of benzene rings is 2. The summed E-state index contributed by atoms with van der Waals surface area (Å²) in [5.74, 6) is -0.452. The summed E-state index contributed by atoms with van der Waals surface area (Å²) in [6.07, 6.45) is 7.87. The largest absolute Gasteiger partial charge is 0.506 e. The van der Waals surface area contributed by atoms with Crippen molar-refractivity contribution in [2.45, 2.75) is 57.4 Å². The van der Waals surface area contributed by atoms with E-state index in [0.29, 0.717) is 30.9 Å². The Bertz CT molecular complexity index is 1460. The van der Waals surface area contributed by atoms with Crippen LogP contribution >= 0.6 is 11.3 Å². The van der Waals surface area contributed by atoms with Gasteiger partial charge in [0.2, 0.25) is 5.91 Å². The first-order valence-electron chi connectivity index (χ1n) is 13.9. The molecule has 11 nitrogen and oxygen atoms in total. The van der Waals surface area contributed by atoms with Gasteiger partial charge in [0, 0.05) is 45.2 Å². The topological polar surface area (TPSA) is 177 Å². The lowest BCUT2D eigenvalue weighted by atomic mass is 9.93. The Morgan fingerprint density at radius 1 is 1.02 bits per heavy atom. The highest BCUT2D eigenvalue weighted by molar-refractivity contribution is 7.79. The number of nitrogens with two attached hydrogens (primary N) is 1. The molecule has 1 saturated carbocycles. The van der Waals surface area contributed by atoms with E-state index in [1.165, 1.54) is 38.2 Å². The molecule has 1 aliphatic rings. The summed E-state index contributed by atoms with van der Waals surface area (Å²) in [4.78, 5) is 30.8. The summed E-state index contributed by atoms with van der Waals surface area (Å²) in [6.45, 7) is 3.81. The van der Waals surface area contributed by atoms with Crippen molar-refractivity contribution in [3.05, 3.63) is 63.0 Å². The molecule has 1 amide bonds. The molecule has 14 heteroatoms. The number of nitrogens with one attached hydrogen (secondary N) is 1. The molecule has 0 radical (unpaired) electrons. The van der Waals surface area contributed by atoms with Crippen molar-refractivity contribution in [1.82, 2.24) is 14.8 Å². The third kappa shape index (κ3) is 11.8. The number of amides is 1. The van der Waals surface area contributed by atoms with Crippen molar-refractivity contribution in [3.63, 3.8) is 0 Å². The summed E-state index contributed by atoms with van der Waals surface area (Å²) < 4.78 is 46.0. The number of thiazole rings is 1. The molecule has 1 heterocycles. The van der Waals surface area contributed by atoms with Gasteiger partial charge in [0.1, 0.15) is 17.1 Å². The van der Waals surface area contributed by atoms with E-state index in [9.17, 15) is 19.1 Å². The van der Waals surface area contributed by atoms with Gasteiger partial charge in [0.05, 0.1) is 4.70 Å². The number of fused-ring (bicyclic) bond motifs is 1. The molecule has 4 rings (SSSR count). The number of phenolic OH excluding ortho intramolecular Hbond substituents is 1. The Balaban J connectivity index is 0.000000892. The third-order valence-corrected chi connectivity index (χ3v) is 8.34. The molecule has 1 fully saturated rings. The van der Waals surface area contributed by atoms with Crippen molar-refractivity contribution in [1.29, 1.82) is 0 Å². The van der Waals surface area contributed by atoms with Crippen LogP contribution in [0.25, 0.3) is 10.2 Å². The number of carbonyl (C=O) groups is 1. The first-order valence-corrected chi connectivity index (χ1v) is 16.1. The third-order valence-electron chi connectivity index (χ3n) is 7.38. The Kier molecular flexibility index (Phi) is 12.9. The smallest absolute Gasteiger partial charge is 0.394 e. The summed E-state index contributed by atoms with van der Waals surface area (Å²) in [5.41, 5.74) is 7.97. The van der Waals surface area contributed by atoms with Crippen LogP contribution in [0, 0.1) is 5.82 Å². The molecule has 0 saturated heterocycles. The number of H-pyrrole nitrogens is 1. The van der Waals surface area contributed by atoms with Crippen LogP contribution in [0.5, 0.6) is 5.75 Å². The Morgan fingerprint density at radius 3 is 2.40 bits per heavy atom. The number of nitrogens with zero attached hydrogens (tertiary/aromatic N) is 2. The standard InChI is InChI=1S/C28H37FN4O3S.H2O4S/c29-22-6-4-5-20(19-22)11-14-32(15-13-25(30)35)17-18-33(23-7-2-1-3-8-23)16-12-21-9-10-24(34)26-27(21)37-28(36)31-26;1-5(2,3)4/h4-6,9-10,19,23,34H,1-3,7-8,11-18H2,(H2,30,35)(H,31,36);(H2,1,2,3,4). The van der Waals surface area contributed by atoms with Crippen LogP contribution in [0.1, 0.15) is 49.7 Å². The first kappa shape index (κ1) is 33.6. The minimum Gasteiger partial charge on any atom is -0.506 e. The van der Waals surface area contributed by atoms with Gasteiger partial charge in [-0.25, -0.2) is 4.39 Å². The highest BCUT2D eigenvalue weighted by atomic mass is 32.3. The summed E-state index contributed by atoms with van der Waals surface area (Å²) in [5, 5.41) is 10.1. The van der Waals surface area contributed by atoms with Gasteiger partial charge in [0.25, 0.3) is 0 Å².